The van der Waals surface area contributed by atoms with E-state index in [9.17, 15) is 10.1 Å². The predicted octanol–water partition coefficient (Wildman–Crippen LogP) is 5.05. The van der Waals surface area contributed by atoms with Gasteiger partial charge in [0.05, 0.1) is 42.4 Å². The number of fused-ring (bicyclic) bond motifs is 2. The van der Waals surface area contributed by atoms with Gasteiger partial charge in [-0.2, -0.15) is 15.2 Å². The zero-order valence-corrected chi connectivity index (χ0v) is 26.2. The molecule has 1 aliphatic carbocycles. The minimum absolute atomic E-state index is 0.00997. The maximum absolute atomic E-state index is 12.3. The summed E-state index contributed by atoms with van der Waals surface area (Å²) in [6.07, 6.45) is 6.01. The molecule has 1 atom stereocenters. The molecule has 2 saturated heterocycles. The van der Waals surface area contributed by atoms with Crippen molar-refractivity contribution < 1.29 is 9.53 Å². The molecule has 44 heavy (non-hydrogen) atoms. The van der Waals surface area contributed by atoms with Crippen LogP contribution in [-0.4, -0.2) is 84.1 Å². The first-order chi connectivity index (χ1) is 21.4. The molecule has 0 unspecified atom stereocenters. The Kier molecular flexibility index (Phi) is 7.98. The number of amides is 1. The fourth-order valence-electron chi connectivity index (χ4n) is 7.36. The van der Waals surface area contributed by atoms with E-state index in [0.717, 1.165) is 58.1 Å². The highest BCUT2D eigenvalue weighted by atomic mass is 35.5. The third-order valence-corrected chi connectivity index (χ3v) is 10.2. The van der Waals surface area contributed by atoms with Crippen LogP contribution in [0.2, 0.25) is 5.02 Å². The van der Waals surface area contributed by atoms with Gasteiger partial charge in [0, 0.05) is 61.7 Å². The number of carbonyl (C=O) groups is 1. The summed E-state index contributed by atoms with van der Waals surface area (Å²) in [4.78, 5) is 31.4. The van der Waals surface area contributed by atoms with E-state index in [2.05, 4.69) is 45.0 Å². The van der Waals surface area contributed by atoms with Crippen molar-refractivity contribution in [1.29, 1.82) is 5.26 Å². The molecule has 7 rings (SSSR count). The van der Waals surface area contributed by atoms with Crippen LogP contribution in [0, 0.1) is 16.7 Å². The minimum Gasteiger partial charge on any atom is -0.463 e. The van der Waals surface area contributed by atoms with E-state index < -0.39 is 0 Å². The standard InChI is InChI=1S/C34H40ClN7O2/c1-24(43)42-19-18-41(20-26(42)10-14-36)32-27-11-17-40(30-9-5-7-25-6-4-8-28(35)31(25)30)21-29(27)37-33(38-32)44-23-34(12-13-34)22-39-15-2-3-16-39/h4-9,26H,2-3,10-13,15-23H2,1H3/t26-/m0/s1. The Labute approximate surface area is 264 Å². The predicted molar refractivity (Wildman–Crippen MR) is 172 cm³/mol. The second-order valence-corrected chi connectivity index (χ2v) is 13.4. The number of benzene rings is 2. The molecule has 1 amide bonds. The smallest absolute Gasteiger partial charge is 0.318 e. The van der Waals surface area contributed by atoms with E-state index in [4.69, 9.17) is 26.3 Å². The molecular formula is C34H40ClN7O2. The number of carbonyl (C=O) groups excluding carboxylic acids is 1. The van der Waals surface area contributed by atoms with Crippen molar-refractivity contribution in [2.24, 2.45) is 5.41 Å². The number of rotatable bonds is 8. The average Bonchev–Trinajstić information content (AvgIpc) is 3.60. The van der Waals surface area contributed by atoms with E-state index in [0.29, 0.717) is 45.2 Å². The first-order valence-corrected chi connectivity index (χ1v) is 16.4. The summed E-state index contributed by atoms with van der Waals surface area (Å²) in [5.74, 6) is 0.895. The van der Waals surface area contributed by atoms with Gasteiger partial charge >= 0.3 is 6.01 Å². The van der Waals surface area contributed by atoms with Gasteiger partial charge in [-0.3, -0.25) is 4.79 Å². The van der Waals surface area contributed by atoms with Gasteiger partial charge in [0.1, 0.15) is 5.82 Å². The topological polar surface area (TPSA) is 88.8 Å². The Morgan fingerprint density at radius 1 is 1.07 bits per heavy atom. The number of hydrogen-bond acceptors (Lipinski definition) is 8. The Hall–Kier alpha value is -3.61. The molecule has 1 aromatic heterocycles. The van der Waals surface area contributed by atoms with E-state index in [1.54, 1.807) is 6.92 Å². The molecule has 3 aromatic rings. The fraction of sp³-hybridized carbons (Fsp3) is 0.529. The lowest BCUT2D eigenvalue weighted by Crippen LogP contribution is -2.55. The third-order valence-electron chi connectivity index (χ3n) is 9.93. The van der Waals surface area contributed by atoms with E-state index >= 15 is 0 Å². The zero-order valence-electron chi connectivity index (χ0n) is 25.5. The number of halogens is 1. The Bertz CT molecular complexity index is 1590. The van der Waals surface area contributed by atoms with E-state index in [1.807, 2.05) is 17.0 Å². The molecule has 0 N–H and O–H groups in total. The Balaban J connectivity index is 1.20. The van der Waals surface area contributed by atoms with Gasteiger partial charge in [-0.15, -0.1) is 0 Å². The minimum atomic E-state index is -0.172. The monoisotopic (exact) mass is 613 g/mol. The number of ether oxygens (including phenoxy) is 1. The lowest BCUT2D eigenvalue weighted by Gasteiger charge is -2.42. The number of aromatic nitrogens is 2. The van der Waals surface area contributed by atoms with Crippen LogP contribution in [0.15, 0.2) is 36.4 Å². The molecule has 4 heterocycles. The maximum atomic E-state index is 12.3. The molecule has 230 valence electrons. The molecule has 3 fully saturated rings. The highest BCUT2D eigenvalue weighted by Crippen LogP contribution is 2.47. The van der Waals surface area contributed by atoms with Crippen molar-refractivity contribution in [1.82, 2.24) is 19.8 Å². The lowest BCUT2D eigenvalue weighted by atomic mass is 10.0. The van der Waals surface area contributed by atoms with Crippen molar-refractivity contribution in [3.63, 3.8) is 0 Å². The van der Waals surface area contributed by atoms with Crippen molar-refractivity contribution in [2.75, 3.05) is 62.2 Å². The molecular weight excluding hydrogens is 574 g/mol. The van der Waals surface area contributed by atoms with Crippen LogP contribution in [0.25, 0.3) is 10.8 Å². The molecule has 9 nitrogen and oxygen atoms in total. The molecule has 0 bridgehead atoms. The highest BCUT2D eigenvalue weighted by Gasteiger charge is 2.45. The summed E-state index contributed by atoms with van der Waals surface area (Å²) >= 11 is 6.72. The first kappa shape index (κ1) is 29.1. The Morgan fingerprint density at radius 3 is 2.61 bits per heavy atom. The van der Waals surface area contributed by atoms with Crippen molar-refractivity contribution in [2.45, 2.75) is 58.0 Å². The van der Waals surface area contributed by atoms with Crippen molar-refractivity contribution >= 4 is 39.8 Å². The summed E-state index contributed by atoms with van der Waals surface area (Å²) in [5, 5.41) is 12.4. The molecule has 0 radical (unpaired) electrons. The largest absolute Gasteiger partial charge is 0.463 e. The van der Waals surface area contributed by atoms with Crippen LogP contribution in [0.4, 0.5) is 11.5 Å². The van der Waals surface area contributed by atoms with Gasteiger partial charge in [-0.1, -0.05) is 35.9 Å². The maximum Gasteiger partial charge on any atom is 0.318 e. The van der Waals surface area contributed by atoms with Gasteiger partial charge in [-0.05, 0) is 62.7 Å². The number of anilines is 2. The van der Waals surface area contributed by atoms with E-state index in [1.165, 1.54) is 38.8 Å². The molecule has 3 aliphatic heterocycles. The Morgan fingerprint density at radius 2 is 1.86 bits per heavy atom. The normalized spacial score (nSPS) is 21.3. The zero-order chi connectivity index (χ0) is 30.3. The van der Waals surface area contributed by atoms with Crippen LogP contribution in [0.3, 0.4) is 0 Å². The van der Waals surface area contributed by atoms with Gasteiger partial charge in [0.15, 0.2) is 0 Å². The first-order valence-electron chi connectivity index (χ1n) is 16.0. The molecule has 2 aromatic carbocycles. The summed E-state index contributed by atoms with van der Waals surface area (Å²) in [7, 11) is 0. The second-order valence-electron chi connectivity index (χ2n) is 13.0. The SMILES string of the molecule is CC(=O)N1CCN(c2nc(OCC3(CN4CCCC4)CC3)nc3c2CCN(c2cccc4cccc(Cl)c24)C3)C[C@@H]1CC#N. The van der Waals surface area contributed by atoms with E-state index in [-0.39, 0.29) is 17.4 Å². The van der Waals surface area contributed by atoms with Crippen molar-refractivity contribution in [3.05, 3.63) is 52.7 Å². The van der Waals surface area contributed by atoms with Crippen LogP contribution < -0.4 is 14.5 Å². The quantitative estimate of drug-likeness (QED) is 0.349. The summed E-state index contributed by atoms with van der Waals surface area (Å²) < 4.78 is 6.47. The number of hydrogen-bond donors (Lipinski definition) is 0. The number of likely N-dealkylation sites (tertiary alicyclic amines) is 1. The summed E-state index contributed by atoms with van der Waals surface area (Å²) in [6.45, 7) is 8.89. The van der Waals surface area contributed by atoms with Crippen molar-refractivity contribution in [3.8, 4) is 12.1 Å². The second kappa shape index (κ2) is 12.1. The lowest BCUT2D eigenvalue weighted by molar-refractivity contribution is -0.131. The number of piperazine rings is 1. The molecule has 10 heteroatoms. The summed E-state index contributed by atoms with van der Waals surface area (Å²) in [6, 6.07) is 14.9. The molecule has 0 spiro atoms. The van der Waals surface area contributed by atoms with Crippen LogP contribution in [-0.2, 0) is 17.8 Å². The summed E-state index contributed by atoms with van der Waals surface area (Å²) in [5.41, 5.74) is 3.40. The molecule has 1 saturated carbocycles. The number of nitrogens with zero attached hydrogens (tertiary/aromatic N) is 7. The third kappa shape index (κ3) is 5.78. The van der Waals surface area contributed by atoms with Crippen LogP contribution in [0.5, 0.6) is 6.01 Å². The molecule has 4 aliphatic rings. The van der Waals surface area contributed by atoms with Gasteiger partial charge in [0.25, 0.3) is 0 Å². The highest BCUT2D eigenvalue weighted by molar-refractivity contribution is 6.36. The van der Waals surface area contributed by atoms with Crippen LogP contribution in [0.1, 0.15) is 50.3 Å². The average molecular weight is 614 g/mol. The van der Waals surface area contributed by atoms with Gasteiger partial charge in [0.2, 0.25) is 5.91 Å². The number of nitriles is 1. The van der Waals surface area contributed by atoms with Gasteiger partial charge in [-0.25, -0.2) is 0 Å². The van der Waals surface area contributed by atoms with Gasteiger partial charge < -0.3 is 24.3 Å². The van der Waals surface area contributed by atoms with Crippen LogP contribution >= 0.6 is 11.6 Å². The fourth-order valence-corrected chi connectivity index (χ4v) is 7.64.